The van der Waals surface area contributed by atoms with Gasteiger partial charge in [-0.25, -0.2) is 0 Å². The number of carbonyl (C=O) groups excluding carboxylic acids is 2. The molecule has 0 heterocycles. The van der Waals surface area contributed by atoms with Crippen molar-refractivity contribution in [3.05, 3.63) is 63.6 Å². The second kappa shape index (κ2) is 8.85. The van der Waals surface area contributed by atoms with Crippen molar-refractivity contribution < 1.29 is 9.59 Å². The Morgan fingerprint density at radius 1 is 0.960 bits per heavy atom. The number of amides is 2. The van der Waals surface area contributed by atoms with E-state index >= 15 is 0 Å². The van der Waals surface area contributed by atoms with E-state index in [-0.39, 0.29) is 11.8 Å². The second-order valence-electron chi connectivity index (χ2n) is 5.75. The van der Waals surface area contributed by atoms with Crippen molar-refractivity contribution in [1.29, 1.82) is 0 Å². The summed E-state index contributed by atoms with van der Waals surface area (Å²) in [4.78, 5) is 26.5. The largest absolute Gasteiger partial charge is 0.351 e. The average Bonchev–Trinajstić information content (AvgIpc) is 2.53. The lowest BCUT2D eigenvalue weighted by molar-refractivity contribution is 0.0951. The predicted octanol–water partition coefficient (Wildman–Crippen LogP) is 3.54. The summed E-state index contributed by atoms with van der Waals surface area (Å²) in [5.41, 5.74) is 1.29. The Morgan fingerprint density at radius 2 is 1.56 bits per heavy atom. The summed E-state index contributed by atoms with van der Waals surface area (Å²) in [6, 6.07) is 11.3. The van der Waals surface area contributed by atoms with Crippen LogP contribution < -0.4 is 10.6 Å². The van der Waals surface area contributed by atoms with Gasteiger partial charge in [-0.3, -0.25) is 9.59 Å². The Balaban J connectivity index is 2.06. The lowest BCUT2D eigenvalue weighted by atomic mass is 10.1. The maximum Gasteiger partial charge on any atom is 0.255 e. The van der Waals surface area contributed by atoms with Gasteiger partial charge in [0.25, 0.3) is 11.8 Å². The van der Waals surface area contributed by atoms with E-state index in [2.05, 4.69) is 10.6 Å². The molecule has 0 bridgehead atoms. The first-order chi connectivity index (χ1) is 11.8. The number of benzene rings is 2. The zero-order chi connectivity index (χ0) is 18.4. The molecule has 0 aromatic heterocycles. The number of halogens is 2. The smallest absolute Gasteiger partial charge is 0.255 e. The van der Waals surface area contributed by atoms with Crippen LogP contribution in [0.4, 0.5) is 5.69 Å². The first kappa shape index (κ1) is 19.2. The zero-order valence-corrected chi connectivity index (χ0v) is 15.5. The van der Waals surface area contributed by atoms with Gasteiger partial charge in [-0.2, -0.15) is 0 Å². The van der Waals surface area contributed by atoms with Gasteiger partial charge in [0.15, 0.2) is 0 Å². The van der Waals surface area contributed by atoms with Crippen molar-refractivity contribution in [3.63, 3.8) is 0 Å². The van der Waals surface area contributed by atoms with E-state index in [0.29, 0.717) is 33.4 Å². The maximum atomic E-state index is 12.4. The molecule has 2 amide bonds. The van der Waals surface area contributed by atoms with Crippen LogP contribution in [-0.2, 0) is 0 Å². The van der Waals surface area contributed by atoms with Crippen LogP contribution in [0.1, 0.15) is 20.7 Å². The minimum Gasteiger partial charge on any atom is -0.351 e. The van der Waals surface area contributed by atoms with Crippen molar-refractivity contribution in [3.8, 4) is 0 Å². The van der Waals surface area contributed by atoms with Crippen molar-refractivity contribution in [2.45, 2.75) is 0 Å². The minimum atomic E-state index is -0.346. The van der Waals surface area contributed by atoms with Gasteiger partial charge in [-0.1, -0.05) is 29.3 Å². The van der Waals surface area contributed by atoms with Gasteiger partial charge in [-0.15, -0.1) is 0 Å². The molecule has 132 valence electrons. The summed E-state index contributed by atoms with van der Waals surface area (Å²) in [5.74, 6) is -0.566. The van der Waals surface area contributed by atoms with Crippen molar-refractivity contribution in [2.75, 3.05) is 32.5 Å². The van der Waals surface area contributed by atoms with Crippen molar-refractivity contribution >= 4 is 40.7 Å². The average molecular weight is 380 g/mol. The van der Waals surface area contributed by atoms with E-state index in [0.717, 1.165) is 6.54 Å². The molecule has 0 aliphatic rings. The number of nitrogens with zero attached hydrogens (tertiary/aromatic N) is 1. The van der Waals surface area contributed by atoms with Gasteiger partial charge in [0.1, 0.15) is 0 Å². The third kappa shape index (κ3) is 6.05. The number of likely N-dealkylation sites (N-methyl/N-ethyl adjacent to an activating group) is 1. The lowest BCUT2D eigenvalue weighted by Crippen LogP contribution is -2.31. The molecule has 2 aromatic rings. The van der Waals surface area contributed by atoms with E-state index in [9.17, 15) is 9.59 Å². The number of hydrogen-bond acceptors (Lipinski definition) is 3. The SMILES string of the molecule is CN(C)CCNC(=O)c1cccc(C(=O)Nc2cc(Cl)cc(Cl)c2)c1. The summed E-state index contributed by atoms with van der Waals surface area (Å²) in [5, 5.41) is 6.39. The van der Waals surface area contributed by atoms with E-state index in [4.69, 9.17) is 23.2 Å². The topological polar surface area (TPSA) is 61.4 Å². The highest BCUT2D eigenvalue weighted by molar-refractivity contribution is 6.35. The first-order valence-corrected chi connectivity index (χ1v) is 8.41. The summed E-state index contributed by atoms with van der Waals surface area (Å²) in [7, 11) is 3.86. The Labute approximate surface area is 156 Å². The highest BCUT2D eigenvalue weighted by atomic mass is 35.5. The molecule has 0 spiro atoms. The molecule has 0 unspecified atom stereocenters. The Kier molecular flexibility index (Phi) is 6.82. The van der Waals surface area contributed by atoms with Gasteiger partial charge in [0, 0.05) is 39.9 Å². The fraction of sp³-hybridized carbons (Fsp3) is 0.222. The van der Waals surface area contributed by atoms with E-state index < -0.39 is 0 Å². The number of nitrogens with one attached hydrogen (secondary N) is 2. The fourth-order valence-corrected chi connectivity index (χ4v) is 2.65. The molecule has 2 N–H and O–H groups in total. The van der Waals surface area contributed by atoms with Crippen LogP contribution in [0.5, 0.6) is 0 Å². The Hall–Kier alpha value is -2.08. The molecule has 0 saturated heterocycles. The van der Waals surface area contributed by atoms with Crippen LogP contribution in [0.2, 0.25) is 10.0 Å². The fourth-order valence-electron chi connectivity index (χ4n) is 2.13. The number of anilines is 1. The van der Waals surface area contributed by atoms with Gasteiger partial charge >= 0.3 is 0 Å². The van der Waals surface area contributed by atoms with Gasteiger partial charge in [-0.05, 0) is 50.5 Å². The number of hydrogen-bond donors (Lipinski definition) is 2. The van der Waals surface area contributed by atoms with Crippen LogP contribution in [0.25, 0.3) is 0 Å². The quantitative estimate of drug-likeness (QED) is 0.806. The number of carbonyl (C=O) groups is 2. The van der Waals surface area contributed by atoms with Gasteiger partial charge < -0.3 is 15.5 Å². The molecule has 2 rings (SSSR count). The van der Waals surface area contributed by atoms with Crippen molar-refractivity contribution in [2.24, 2.45) is 0 Å². The first-order valence-electron chi connectivity index (χ1n) is 7.65. The van der Waals surface area contributed by atoms with Gasteiger partial charge in [0.05, 0.1) is 0 Å². The second-order valence-corrected chi connectivity index (χ2v) is 6.63. The third-order valence-corrected chi connectivity index (χ3v) is 3.79. The standard InChI is InChI=1S/C18H19Cl2N3O2/c1-23(2)7-6-21-17(24)12-4-3-5-13(8-12)18(25)22-16-10-14(19)9-15(20)11-16/h3-5,8-11H,6-7H2,1-2H3,(H,21,24)(H,22,25). The monoisotopic (exact) mass is 379 g/mol. The zero-order valence-electron chi connectivity index (χ0n) is 14.0. The lowest BCUT2D eigenvalue weighted by Gasteiger charge is -2.11. The Bertz CT molecular complexity index is 758. The molecule has 0 fully saturated rings. The summed E-state index contributed by atoms with van der Waals surface area (Å²) in [6.45, 7) is 1.27. The highest BCUT2D eigenvalue weighted by Crippen LogP contribution is 2.23. The predicted molar refractivity (Wildman–Crippen MR) is 102 cm³/mol. The third-order valence-electron chi connectivity index (χ3n) is 3.35. The van der Waals surface area contributed by atoms with E-state index in [1.165, 1.54) is 0 Å². The molecule has 25 heavy (non-hydrogen) atoms. The molecule has 2 aromatic carbocycles. The number of rotatable bonds is 6. The molecule has 5 nitrogen and oxygen atoms in total. The van der Waals surface area contributed by atoms with Crippen LogP contribution in [0.15, 0.2) is 42.5 Å². The van der Waals surface area contributed by atoms with Crippen LogP contribution in [-0.4, -0.2) is 43.9 Å². The molecular weight excluding hydrogens is 361 g/mol. The summed E-state index contributed by atoms with van der Waals surface area (Å²) in [6.07, 6.45) is 0. The van der Waals surface area contributed by atoms with Crippen molar-refractivity contribution in [1.82, 2.24) is 10.2 Å². The molecule has 0 radical (unpaired) electrons. The molecule has 0 atom stereocenters. The molecule has 7 heteroatoms. The van der Waals surface area contributed by atoms with Crippen LogP contribution in [0, 0.1) is 0 Å². The minimum absolute atomic E-state index is 0.220. The van der Waals surface area contributed by atoms with E-state index in [1.54, 1.807) is 42.5 Å². The molecular formula is C18H19Cl2N3O2. The normalized spacial score (nSPS) is 10.6. The summed E-state index contributed by atoms with van der Waals surface area (Å²) < 4.78 is 0. The molecule has 0 aliphatic heterocycles. The Morgan fingerprint density at radius 3 is 2.16 bits per heavy atom. The summed E-state index contributed by atoms with van der Waals surface area (Å²) >= 11 is 11.8. The maximum absolute atomic E-state index is 12.4. The molecule has 0 saturated carbocycles. The van der Waals surface area contributed by atoms with Crippen LogP contribution >= 0.6 is 23.2 Å². The highest BCUT2D eigenvalue weighted by Gasteiger charge is 2.11. The van der Waals surface area contributed by atoms with Gasteiger partial charge in [0.2, 0.25) is 0 Å². The van der Waals surface area contributed by atoms with E-state index in [1.807, 2.05) is 19.0 Å². The van der Waals surface area contributed by atoms with Crippen LogP contribution in [0.3, 0.4) is 0 Å². The molecule has 0 aliphatic carbocycles.